The maximum atomic E-state index is 13.4. The number of hydrogen-bond acceptors (Lipinski definition) is 4. The molecule has 7 heteroatoms. The standard InChI is InChI=1S/C28H30N4O3/c1-17-14-22(28(34)32-13-12-19(16-32)31(2)3)25(29-17)15-23-26-21(6-5-7-24(26)30-27(23)33)18-8-10-20(35-4)11-9-18/h5-11,14-15,19,29H,12-13,16H2,1-4H3,(H,30,33). The fourth-order valence-corrected chi connectivity index (χ4v) is 4.96. The van der Waals surface area contributed by atoms with E-state index in [0.29, 0.717) is 29.4 Å². The Hall–Kier alpha value is -3.84. The fraction of sp³-hybridized carbons (Fsp3) is 0.286. The highest BCUT2D eigenvalue weighted by atomic mass is 16.5. The van der Waals surface area contributed by atoms with Crippen LogP contribution in [0.3, 0.4) is 0 Å². The number of nitrogens with one attached hydrogen (secondary N) is 2. The highest BCUT2D eigenvalue weighted by molar-refractivity contribution is 6.36. The van der Waals surface area contributed by atoms with Crippen LogP contribution in [0.15, 0.2) is 48.5 Å². The summed E-state index contributed by atoms with van der Waals surface area (Å²) >= 11 is 0. The van der Waals surface area contributed by atoms with Crippen molar-refractivity contribution in [2.45, 2.75) is 19.4 Å². The number of hydrogen-bond donors (Lipinski definition) is 2. The summed E-state index contributed by atoms with van der Waals surface area (Å²) in [4.78, 5) is 33.9. The molecule has 2 aliphatic rings. The molecule has 2 aromatic carbocycles. The summed E-state index contributed by atoms with van der Waals surface area (Å²) in [5, 5.41) is 2.98. The Labute approximate surface area is 205 Å². The predicted octanol–water partition coefficient (Wildman–Crippen LogP) is 4.27. The molecule has 1 unspecified atom stereocenters. The zero-order chi connectivity index (χ0) is 24.7. The topological polar surface area (TPSA) is 77.7 Å². The van der Waals surface area contributed by atoms with Crippen molar-refractivity contribution < 1.29 is 14.3 Å². The molecule has 1 saturated heterocycles. The number of aromatic nitrogens is 1. The van der Waals surface area contributed by atoms with Crippen LogP contribution in [-0.4, -0.2) is 66.9 Å². The van der Waals surface area contributed by atoms with Crippen LogP contribution in [0.4, 0.5) is 5.69 Å². The van der Waals surface area contributed by atoms with E-state index in [-0.39, 0.29) is 11.8 Å². The molecule has 1 aromatic heterocycles. The maximum absolute atomic E-state index is 13.4. The lowest BCUT2D eigenvalue weighted by molar-refractivity contribution is -0.110. The van der Waals surface area contributed by atoms with Crippen molar-refractivity contribution in [3.63, 3.8) is 0 Å². The molecule has 0 radical (unpaired) electrons. The number of H-pyrrole nitrogens is 1. The number of likely N-dealkylation sites (tertiary alicyclic amines) is 1. The van der Waals surface area contributed by atoms with Crippen LogP contribution >= 0.6 is 0 Å². The van der Waals surface area contributed by atoms with Gasteiger partial charge in [-0.3, -0.25) is 9.59 Å². The number of aryl methyl sites for hydroxylation is 1. The predicted molar refractivity (Wildman–Crippen MR) is 138 cm³/mol. The van der Waals surface area contributed by atoms with Crippen molar-refractivity contribution in [3.8, 4) is 16.9 Å². The maximum Gasteiger partial charge on any atom is 0.256 e. The van der Waals surface area contributed by atoms with Gasteiger partial charge in [0, 0.05) is 36.1 Å². The van der Waals surface area contributed by atoms with Gasteiger partial charge in [-0.25, -0.2) is 0 Å². The molecule has 3 heterocycles. The number of carbonyl (C=O) groups is 2. The number of likely N-dealkylation sites (N-methyl/N-ethyl adjacent to an activating group) is 1. The lowest BCUT2D eigenvalue weighted by atomic mass is 9.94. The Bertz CT molecular complexity index is 1320. The Balaban J connectivity index is 1.54. The van der Waals surface area contributed by atoms with Gasteiger partial charge >= 0.3 is 0 Å². The van der Waals surface area contributed by atoms with Gasteiger partial charge in [0.2, 0.25) is 0 Å². The van der Waals surface area contributed by atoms with E-state index in [1.807, 2.05) is 80.5 Å². The summed E-state index contributed by atoms with van der Waals surface area (Å²) in [7, 11) is 5.73. The highest BCUT2D eigenvalue weighted by Gasteiger charge is 2.31. The van der Waals surface area contributed by atoms with Gasteiger partial charge in [0.1, 0.15) is 5.75 Å². The van der Waals surface area contributed by atoms with E-state index in [0.717, 1.165) is 46.8 Å². The van der Waals surface area contributed by atoms with E-state index >= 15 is 0 Å². The van der Waals surface area contributed by atoms with E-state index in [4.69, 9.17) is 4.74 Å². The number of nitrogens with zero attached hydrogens (tertiary/aromatic N) is 2. The van der Waals surface area contributed by atoms with Crippen molar-refractivity contribution in [1.29, 1.82) is 0 Å². The summed E-state index contributed by atoms with van der Waals surface area (Å²) in [6.07, 6.45) is 2.77. The number of ether oxygens (including phenoxy) is 1. The molecule has 0 saturated carbocycles. The second-order valence-corrected chi connectivity index (χ2v) is 9.41. The molecule has 0 bridgehead atoms. The van der Waals surface area contributed by atoms with Crippen LogP contribution < -0.4 is 10.1 Å². The molecular weight excluding hydrogens is 440 g/mol. The monoisotopic (exact) mass is 470 g/mol. The Morgan fingerprint density at radius 2 is 1.94 bits per heavy atom. The van der Waals surface area contributed by atoms with E-state index in [1.54, 1.807) is 7.11 Å². The molecule has 1 fully saturated rings. The second-order valence-electron chi connectivity index (χ2n) is 9.41. The number of anilines is 1. The van der Waals surface area contributed by atoms with E-state index in [9.17, 15) is 9.59 Å². The molecule has 180 valence electrons. The average molecular weight is 471 g/mol. The molecule has 5 rings (SSSR count). The summed E-state index contributed by atoms with van der Waals surface area (Å²) in [6.45, 7) is 3.36. The van der Waals surface area contributed by atoms with Crippen LogP contribution in [0, 0.1) is 6.92 Å². The van der Waals surface area contributed by atoms with Crippen molar-refractivity contribution in [2.75, 3.05) is 39.6 Å². The van der Waals surface area contributed by atoms with Crippen LogP contribution in [0.1, 0.15) is 33.7 Å². The van der Waals surface area contributed by atoms with Crippen LogP contribution in [-0.2, 0) is 4.79 Å². The number of methoxy groups -OCH3 is 1. The minimum atomic E-state index is -0.180. The summed E-state index contributed by atoms with van der Waals surface area (Å²) in [5.74, 6) is 0.586. The quantitative estimate of drug-likeness (QED) is 0.546. The number of fused-ring (bicyclic) bond motifs is 1. The van der Waals surface area contributed by atoms with Gasteiger partial charge in [0.05, 0.1) is 23.9 Å². The lowest BCUT2D eigenvalue weighted by Gasteiger charge is -2.20. The highest BCUT2D eigenvalue weighted by Crippen LogP contribution is 2.41. The zero-order valence-electron chi connectivity index (χ0n) is 20.5. The summed E-state index contributed by atoms with van der Waals surface area (Å²) in [5.41, 5.74) is 6.19. The minimum absolute atomic E-state index is 0.00684. The first-order valence-electron chi connectivity index (χ1n) is 11.8. The summed E-state index contributed by atoms with van der Waals surface area (Å²) in [6, 6.07) is 15.9. The number of benzene rings is 2. The molecule has 35 heavy (non-hydrogen) atoms. The van der Waals surface area contributed by atoms with Gasteiger partial charge in [-0.2, -0.15) is 0 Å². The first-order chi connectivity index (χ1) is 16.9. The van der Waals surface area contributed by atoms with Crippen LogP contribution in [0.2, 0.25) is 0 Å². The van der Waals surface area contributed by atoms with Crippen molar-refractivity contribution in [1.82, 2.24) is 14.8 Å². The Morgan fingerprint density at radius 1 is 1.17 bits per heavy atom. The smallest absolute Gasteiger partial charge is 0.256 e. The molecule has 1 atom stereocenters. The number of aromatic amines is 1. The minimum Gasteiger partial charge on any atom is -0.497 e. The Kier molecular flexibility index (Phi) is 5.94. The first kappa shape index (κ1) is 22.9. The normalized spacial score (nSPS) is 18.3. The summed E-state index contributed by atoms with van der Waals surface area (Å²) < 4.78 is 5.29. The van der Waals surface area contributed by atoms with E-state index < -0.39 is 0 Å². The fourth-order valence-electron chi connectivity index (χ4n) is 4.96. The van der Waals surface area contributed by atoms with Crippen molar-refractivity contribution >= 4 is 29.2 Å². The van der Waals surface area contributed by atoms with E-state index in [2.05, 4.69) is 15.2 Å². The SMILES string of the molecule is COc1ccc(-c2cccc3c2C(=Cc2[nH]c(C)cc2C(=O)N2CCC(N(C)C)C2)C(=O)N3)cc1. The molecular formula is C28H30N4O3. The Morgan fingerprint density at radius 3 is 2.63 bits per heavy atom. The van der Waals surface area contributed by atoms with Crippen LogP contribution in [0.5, 0.6) is 5.75 Å². The largest absolute Gasteiger partial charge is 0.497 e. The first-order valence-corrected chi connectivity index (χ1v) is 11.8. The van der Waals surface area contributed by atoms with E-state index in [1.165, 1.54) is 0 Å². The third kappa shape index (κ3) is 4.23. The average Bonchev–Trinajstić information content (AvgIpc) is 3.56. The van der Waals surface area contributed by atoms with Crippen molar-refractivity contribution in [3.05, 3.63) is 71.0 Å². The molecule has 2 aliphatic heterocycles. The third-order valence-electron chi connectivity index (χ3n) is 6.91. The van der Waals surface area contributed by atoms with Crippen molar-refractivity contribution in [2.24, 2.45) is 0 Å². The number of amides is 2. The van der Waals surface area contributed by atoms with Gasteiger partial charge in [-0.05, 0) is 68.9 Å². The molecule has 3 aromatic rings. The van der Waals surface area contributed by atoms with Gasteiger partial charge in [0.25, 0.3) is 11.8 Å². The molecule has 2 N–H and O–H groups in total. The molecule has 0 spiro atoms. The third-order valence-corrected chi connectivity index (χ3v) is 6.91. The molecule has 2 amide bonds. The van der Waals surface area contributed by atoms with Crippen LogP contribution in [0.25, 0.3) is 22.8 Å². The lowest BCUT2D eigenvalue weighted by Crippen LogP contribution is -2.34. The van der Waals surface area contributed by atoms with Gasteiger partial charge < -0.3 is 24.8 Å². The van der Waals surface area contributed by atoms with Gasteiger partial charge in [0.15, 0.2) is 0 Å². The second kappa shape index (κ2) is 9.07. The molecule has 7 nitrogen and oxygen atoms in total. The number of rotatable bonds is 5. The van der Waals surface area contributed by atoms with Gasteiger partial charge in [-0.15, -0.1) is 0 Å². The molecule has 0 aliphatic carbocycles. The number of carbonyl (C=O) groups excluding carboxylic acids is 2. The van der Waals surface area contributed by atoms with Gasteiger partial charge in [-0.1, -0.05) is 24.3 Å². The zero-order valence-corrected chi connectivity index (χ0v) is 20.5.